The van der Waals surface area contributed by atoms with E-state index in [0.717, 1.165) is 0 Å². The Balaban J connectivity index is 2.12. The number of hydrogen-bond donors (Lipinski definition) is 0. The summed E-state index contributed by atoms with van der Waals surface area (Å²) in [4.78, 5) is 0. The second kappa shape index (κ2) is 7.21. The molecule has 0 spiro atoms. The summed E-state index contributed by atoms with van der Waals surface area (Å²) >= 11 is 1.35. The Morgan fingerprint density at radius 2 is 0.773 bits per heavy atom. The van der Waals surface area contributed by atoms with Crippen molar-refractivity contribution in [3.05, 3.63) is 48.5 Å². The summed E-state index contributed by atoms with van der Waals surface area (Å²) in [7, 11) is 0. The molecule has 22 heavy (non-hydrogen) atoms. The van der Waals surface area contributed by atoms with Gasteiger partial charge >= 0.3 is 150 Å². The molecule has 0 fully saturated rings. The third-order valence-corrected chi connectivity index (χ3v) is 16.4. The van der Waals surface area contributed by atoms with Crippen LogP contribution in [0.4, 0.5) is 0 Å². The van der Waals surface area contributed by atoms with E-state index in [9.17, 15) is 0 Å². The maximum absolute atomic E-state index is 2.46. The molecule has 0 atom stereocenters. The van der Waals surface area contributed by atoms with Gasteiger partial charge in [-0.3, -0.25) is 0 Å². The Morgan fingerprint density at radius 1 is 0.500 bits per heavy atom. The van der Waals surface area contributed by atoms with E-state index in [1.54, 1.807) is 8.92 Å². The molecule has 0 aliphatic rings. The van der Waals surface area contributed by atoms with Crippen LogP contribution in [0.2, 0.25) is 39.3 Å². The first-order valence-electron chi connectivity index (χ1n) is 7.71. The van der Waals surface area contributed by atoms with Crippen LogP contribution >= 0.6 is 0 Å². The SMILES string of the molecule is C[Si](C)(C)[Se]c1ccc(-c2ccc([Se][Si](C)(C)C)cc2)cc1. The molecule has 0 N–H and O–H groups in total. The van der Waals surface area contributed by atoms with Gasteiger partial charge in [0.05, 0.1) is 0 Å². The van der Waals surface area contributed by atoms with Gasteiger partial charge in [0.15, 0.2) is 0 Å². The van der Waals surface area contributed by atoms with E-state index in [-0.39, 0.29) is 0 Å². The molecule has 2 aromatic rings. The molecule has 2 rings (SSSR count). The van der Waals surface area contributed by atoms with Crippen LogP contribution in [-0.2, 0) is 0 Å². The molecule has 0 saturated carbocycles. The van der Waals surface area contributed by atoms with E-state index in [1.807, 2.05) is 0 Å². The summed E-state index contributed by atoms with van der Waals surface area (Å²) in [6.07, 6.45) is 0. The van der Waals surface area contributed by atoms with E-state index in [4.69, 9.17) is 0 Å². The molecule has 0 amide bonds. The molecular formula is C18H26Se2Si2. The molecule has 0 aromatic heterocycles. The predicted octanol–water partition coefficient (Wildman–Crippen LogP) is 3.68. The van der Waals surface area contributed by atoms with Gasteiger partial charge in [0.1, 0.15) is 0 Å². The van der Waals surface area contributed by atoms with Crippen LogP contribution in [0.1, 0.15) is 0 Å². The van der Waals surface area contributed by atoms with Gasteiger partial charge in [-0.1, -0.05) is 0 Å². The summed E-state index contributed by atoms with van der Waals surface area (Å²) in [5, 5.41) is 0. The molecular weight excluding hydrogens is 430 g/mol. The second-order valence-corrected chi connectivity index (χ2v) is 36.3. The van der Waals surface area contributed by atoms with E-state index >= 15 is 0 Å². The Kier molecular flexibility index (Phi) is 5.98. The number of rotatable bonds is 5. The van der Waals surface area contributed by atoms with Crippen molar-refractivity contribution in [2.75, 3.05) is 0 Å². The first kappa shape index (κ1) is 18.3. The van der Waals surface area contributed by atoms with Crippen LogP contribution in [0.25, 0.3) is 11.1 Å². The predicted molar refractivity (Wildman–Crippen MR) is 109 cm³/mol. The van der Waals surface area contributed by atoms with E-state index < -0.39 is 13.4 Å². The first-order chi connectivity index (χ1) is 10.1. The molecule has 0 saturated heterocycles. The average Bonchev–Trinajstić information content (AvgIpc) is 2.37. The Hall–Kier alpha value is -0.0873. The molecule has 0 radical (unpaired) electrons. The summed E-state index contributed by atoms with van der Waals surface area (Å²) in [6, 6.07) is 18.6. The van der Waals surface area contributed by atoms with Crippen molar-refractivity contribution in [2.45, 2.75) is 39.3 Å². The van der Waals surface area contributed by atoms with Crippen LogP contribution in [0.15, 0.2) is 48.5 Å². The molecule has 0 nitrogen and oxygen atoms in total. The summed E-state index contributed by atoms with van der Waals surface area (Å²) in [5.74, 6) is 0. The normalized spacial score (nSPS) is 12.5. The van der Waals surface area contributed by atoms with Crippen LogP contribution < -0.4 is 8.92 Å². The van der Waals surface area contributed by atoms with Crippen LogP contribution in [0, 0.1) is 0 Å². The fourth-order valence-corrected chi connectivity index (χ4v) is 15.0. The van der Waals surface area contributed by atoms with Gasteiger partial charge in [0, 0.05) is 0 Å². The van der Waals surface area contributed by atoms with Crippen LogP contribution in [-0.4, -0.2) is 42.0 Å². The van der Waals surface area contributed by atoms with Crippen molar-refractivity contribution in [3.63, 3.8) is 0 Å². The zero-order valence-corrected chi connectivity index (χ0v) is 19.9. The fraction of sp³-hybridized carbons (Fsp3) is 0.333. The maximum atomic E-state index is 2.46. The van der Waals surface area contributed by atoms with E-state index in [1.165, 1.54) is 11.1 Å². The number of hydrogen-bond acceptors (Lipinski definition) is 0. The van der Waals surface area contributed by atoms with Gasteiger partial charge in [-0.15, -0.1) is 0 Å². The Bertz CT molecular complexity index is 548. The summed E-state index contributed by atoms with van der Waals surface area (Å²) < 4.78 is 3.10. The molecule has 118 valence electrons. The molecule has 0 heterocycles. The second-order valence-electron chi connectivity index (χ2n) is 7.48. The average molecular weight is 456 g/mol. The van der Waals surface area contributed by atoms with Crippen molar-refractivity contribution in [2.24, 2.45) is 0 Å². The first-order valence-corrected chi connectivity index (χ1v) is 21.4. The Labute approximate surface area is 149 Å². The van der Waals surface area contributed by atoms with Crippen molar-refractivity contribution >= 4 is 50.9 Å². The molecule has 0 bridgehead atoms. The zero-order chi connectivity index (χ0) is 16.4. The third-order valence-electron chi connectivity index (χ3n) is 2.89. The van der Waals surface area contributed by atoms with Crippen molar-refractivity contribution < 1.29 is 0 Å². The fourth-order valence-electron chi connectivity index (χ4n) is 2.14. The molecule has 2 aromatic carbocycles. The van der Waals surface area contributed by atoms with E-state index in [0.29, 0.717) is 28.6 Å². The third kappa shape index (κ3) is 6.19. The molecule has 0 aliphatic heterocycles. The number of benzene rings is 2. The monoisotopic (exact) mass is 458 g/mol. The molecule has 0 aliphatic carbocycles. The van der Waals surface area contributed by atoms with Gasteiger partial charge in [-0.05, 0) is 0 Å². The van der Waals surface area contributed by atoms with E-state index in [2.05, 4.69) is 87.8 Å². The Morgan fingerprint density at radius 3 is 1.00 bits per heavy atom. The minimum atomic E-state index is -0.957. The van der Waals surface area contributed by atoms with Crippen molar-refractivity contribution in [3.8, 4) is 11.1 Å². The zero-order valence-electron chi connectivity index (χ0n) is 14.4. The van der Waals surface area contributed by atoms with Crippen LogP contribution in [0.5, 0.6) is 0 Å². The minimum absolute atomic E-state index is 0.676. The topological polar surface area (TPSA) is 0 Å². The van der Waals surface area contributed by atoms with Gasteiger partial charge in [-0.2, -0.15) is 0 Å². The molecule has 4 heteroatoms. The van der Waals surface area contributed by atoms with Gasteiger partial charge in [0.25, 0.3) is 0 Å². The van der Waals surface area contributed by atoms with Gasteiger partial charge < -0.3 is 0 Å². The van der Waals surface area contributed by atoms with Gasteiger partial charge in [-0.25, -0.2) is 0 Å². The standard InChI is InChI=1S/C18H26Se2Si2/c1-21(2,3)19-17-11-7-15(8-12-17)16-9-13-18(14-10-16)20-22(4,5)6/h7-14H,1-6H3. The summed E-state index contributed by atoms with van der Waals surface area (Å²) in [6.45, 7) is 12.8. The van der Waals surface area contributed by atoms with Crippen molar-refractivity contribution in [1.82, 2.24) is 0 Å². The van der Waals surface area contributed by atoms with Crippen LogP contribution in [0.3, 0.4) is 0 Å². The van der Waals surface area contributed by atoms with Crippen molar-refractivity contribution in [1.29, 1.82) is 0 Å². The molecule has 0 unspecified atom stereocenters. The summed E-state index contributed by atoms with van der Waals surface area (Å²) in [5.41, 5.74) is 2.70. The quantitative estimate of drug-likeness (QED) is 0.603. The van der Waals surface area contributed by atoms with Gasteiger partial charge in [0.2, 0.25) is 0 Å².